The zero-order valence-electron chi connectivity index (χ0n) is 10.6. The molecule has 0 aliphatic carbocycles. The number of carbonyl (C=O) groups excluding carboxylic acids is 1. The number of carbonyl (C=O) groups is 2. The molecule has 19 heavy (non-hydrogen) atoms. The van der Waals surface area contributed by atoms with Crippen LogP contribution in [-0.2, 0) is 9.53 Å². The van der Waals surface area contributed by atoms with E-state index in [2.05, 4.69) is 5.32 Å². The van der Waals surface area contributed by atoms with Crippen molar-refractivity contribution in [3.63, 3.8) is 0 Å². The Morgan fingerprint density at radius 1 is 1.42 bits per heavy atom. The number of hydrogen-bond acceptors (Lipinski definition) is 4. The van der Waals surface area contributed by atoms with Gasteiger partial charge in [-0.3, -0.25) is 4.79 Å². The van der Waals surface area contributed by atoms with E-state index >= 15 is 0 Å². The van der Waals surface area contributed by atoms with Gasteiger partial charge >= 0.3 is 12.0 Å². The number of urea groups is 1. The molecule has 0 aliphatic heterocycles. The topological polar surface area (TPSA) is 105 Å². The largest absolute Gasteiger partial charge is 0.480 e. The van der Waals surface area contributed by atoms with Gasteiger partial charge in [0.25, 0.3) is 0 Å². The Morgan fingerprint density at radius 3 is 2.68 bits per heavy atom. The first-order valence-corrected chi connectivity index (χ1v) is 5.65. The van der Waals surface area contributed by atoms with Crippen molar-refractivity contribution in [3.05, 3.63) is 24.3 Å². The van der Waals surface area contributed by atoms with Gasteiger partial charge in [-0.25, -0.2) is 4.79 Å². The molecule has 1 aromatic carbocycles. The van der Waals surface area contributed by atoms with Gasteiger partial charge in [0.1, 0.15) is 6.54 Å². The molecule has 7 heteroatoms. The molecule has 1 aromatic rings. The van der Waals surface area contributed by atoms with Crippen LogP contribution in [0.5, 0.6) is 0 Å². The molecule has 0 radical (unpaired) electrons. The van der Waals surface area contributed by atoms with Gasteiger partial charge in [-0.05, 0) is 12.1 Å². The Bertz CT molecular complexity index is 450. The first-order valence-electron chi connectivity index (χ1n) is 5.65. The number of carboxylic acid groups (broad SMARTS) is 1. The van der Waals surface area contributed by atoms with Gasteiger partial charge in [0.05, 0.1) is 18.0 Å². The minimum atomic E-state index is -1.09. The fourth-order valence-electron chi connectivity index (χ4n) is 1.42. The SMILES string of the molecule is COCCN(CC(=O)O)C(=O)Nc1ccccc1N. The summed E-state index contributed by atoms with van der Waals surface area (Å²) in [5.74, 6) is -1.09. The quantitative estimate of drug-likeness (QED) is 0.662. The van der Waals surface area contributed by atoms with Gasteiger partial charge in [-0.15, -0.1) is 0 Å². The fraction of sp³-hybridized carbons (Fsp3) is 0.333. The van der Waals surface area contributed by atoms with E-state index in [0.29, 0.717) is 11.4 Å². The third-order valence-corrected chi connectivity index (χ3v) is 2.38. The minimum absolute atomic E-state index is 0.182. The van der Waals surface area contributed by atoms with Gasteiger partial charge in [-0.1, -0.05) is 12.1 Å². The smallest absolute Gasteiger partial charge is 0.323 e. The van der Waals surface area contributed by atoms with Crippen LogP contribution in [0.1, 0.15) is 0 Å². The summed E-state index contributed by atoms with van der Waals surface area (Å²) in [6, 6.07) is 6.22. The second-order valence-corrected chi connectivity index (χ2v) is 3.83. The van der Waals surface area contributed by atoms with Crippen molar-refractivity contribution in [1.82, 2.24) is 4.90 Å². The number of ether oxygens (including phenoxy) is 1. The first-order chi connectivity index (χ1) is 9.04. The van der Waals surface area contributed by atoms with Gasteiger partial charge in [-0.2, -0.15) is 0 Å². The molecular weight excluding hydrogens is 250 g/mol. The molecule has 0 heterocycles. The van der Waals surface area contributed by atoms with E-state index in [1.807, 2.05) is 0 Å². The normalized spacial score (nSPS) is 9.95. The number of aliphatic carboxylic acids is 1. The number of rotatable bonds is 6. The van der Waals surface area contributed by atoms with Crippen LogP contribution >= 0.6 is 0 Å². The number of methoxy groups -OCH3 is 1. The van der Waals surface area contributed by atoms with Crippen molar-refractivity contribution < 1.29 is 19.4 Å². The number of nitrogens with two attached hydrogens (primary N) is 1. The number of benzene rings is 1. The van der Waals surface area contributed by atoms with Crippen molar-refractivity contribution in [2.24, 2.45) is 0 Å². The first kappa shape index (κ1) is 14.8. The lowest BCUT2D eigenvalue weighted by molar-refractivity contribution is -0.137. The van der Waals surface area contributed by atoms with Crippen molar-refractivity contribution in [2.75, 3.05) is 37.9 Å². The third kappa shape index (κ3) is 4.84. The summed E-state index contributed by atoms with van der Waals surface area (Å²) in [5, 5.41) is 11.3. The van der Waals surface area contributed by atoms with Crippen LogP contribution in [0.4, 0.5) is 16.2 Å². The number of hydrogen-bond donors (Lipinski definition) is 3. The van der Waals surface area contributed by atoms with Crippen molar-refractivity contribution in [1.29, 1.82) is 0 Å². The van der Waals surface area contributed by atoms with E-state index in [1.165, 1.54) is 7.11 Å². The van der Waals surface area contributed by atoms with Crippen molar-refractivity contribution >= 4 is 23.4 Å². The Hall–Kier alpha value is -2.28. The fourth-order valence-corrected chi connectivity index (χ4v) is 1.42. The number of amides is 2. The Balaban J connectivity index is 2.70. The molecular formula is C12H17N3O4. The average Bonchev–Trinajstić information content (AvgIpc) is 2.36. The highest BCUT2D eigenvalue weighted by molar-refractivity contribution is 5.94. The molecule has 2 amide bonds. The van der Waals surface area contributed by atoms with Crippen molar-refractivity contribution in [3.8, 4) is 0 Å². The number of nitrogens with zero attached hydrogens (tertiary/aromatic N) is 1. The summed E-state index contributed by atoms with van der Waals surface area (Å²) in [4.78, 5) is 23.8. The predicted molar refractivity (Wildman–Crippen MR) is 71.0 cm³/mol. The third-order valence-electron chi connectivity index (χ3n) is 2.38. The molecule has 7 nitrogen and oxygen atoms in total. The van der Waals surface area contributed by atoms with Crippen LogP contribution in [0.15, 0.2) is 24.3 Å². The lowest BCUT2D eigenvalue weighted by atomic mass is 10.3. The molecule has 0 saturated carbocycles. The van der Waals surface area contributed by atoms with E-state index in [1.54, 1.807) is 24.3 Å². The molecule has 0 aliphatic rings. The van der Waals surface area contributed by atoms with E-state index in [-0.39, 0.29) is 13.2 Å². The summed E-state index contributed by atoms with van der Waals surface area (Å²) < 4.78 is 4.84. The average molecular weight is 267 g/mol. The molecule has 0 fully saturated rings. The van der Waals surface area contributed by atoms with E-state index in [0.717, 1.165) is 4.90 Å². The van der Waals surface area contributed by atoms with Crippen LogP contribution in [0.3, 0.4) is 0 Å². The van der Waals surface area contributed by atoms with Crippen molar-refractivity contribution in [2.45, 2.75) is 0 Å². The summed E-state index contributed by atoms with van der Waals surface area (Å²) >= 11 is 0. The van der Waals surface area contributed by atoms with Gasteiger partial charge < -0.3 is 25.8 Å². The van der Waals surface area contributed by atoms with Crippen LogP contribution in [0.2, 0.25) is 0 Å². The second-order valence-electron chi connectivity index (χ2n) is 3.83. The summed E-state index contributed by atoms with van der Waals surface area (Å²) in [6.45, 7) is 0.0360. The molecule has 0 atom stereocenters. The molecule has 0 saturated heterocycles. The van der Waals surface area contributed by atoms with Crippen LogP contribution in [0, 0.1) is 0 Å². The van der Waals surface area contributed by atoms with Crippen LogP contribution in [-0.4, -0.2) is 48.8 Å². The van der Waals surface area contributed by atoms with Crippen LogP contribution in [0.25, 0.3) is 0 Å². The molecule has 0 unspecified atom stereocenters. The summed E-state index contributed by atoms with van der Waals surface area (Å²) in [5.41, 5.74) is 6.56. The number of nitrogens with one attached hydrogen (secondary N) is 1. The van der Waals surface area contributed by atoms with Gasteiger partial charge in [0.15, 0.2) is 0 Å². The van der Waals surface area contributed by atoms with Crippen LogP contribution < -0.4 is 11.1 Å². The highest BCUT2D eigenvalue weighted by Crippen LogP contribution is 2.17. The molecule has 0 bridgehead atoms. The maximum absolute atomic E-state index is 11.9. The molecule has 1 rings (SSSR count). The molecule has 0 aromatic heterocycles. The second kappa shape index (κ2) is 7.22. The maximum Gasteiger partial charge on any atom is 0.323 e. The molecule has 0 spiro atoms. The maximum atomic E-state index is 11.9. The Labute approximate surface area is 111 Å². The van der Waals surface area contributed by atoms with Gasteiger partial charge in [0.2, 0.25) is 0 Å². The summed E-state index contributed by atoms with van der Waals surface area (Å²) in [6.07, 6.45) is 0. The number of para-hydroxylation sites is 2. The highest BCUT2D eigenvalue weighted by Gasteiger charge is 2.17. The zero-order valence-corrected chi connectivity index (χ0v) is 10.6. The van der Waals surface area contributed by atoms with E-state index in [9.17, 15) is 9.59 Å². The standard InChI is InChI=1S/C12H17N3O4/c1-19-7-6-15(8-11(16)17)12(18)14-10-5-3-2-4-9(10)13/h2-5H,6-8,13H2,1H3,(H,14,18)(H,16,17). The van der Waals surface area contributed by atoms with Gasteiger partial charge in [0, 0.05) is 13.7 Å². The zero-order chi connectivity index (χ0) is 14.3. The summed E-state index contributed by atoms with van der Waals surface area (Å²) in [7, 11) is 1.48. The van der Waals surface area contributed by atoms with E-state index in [4.69, 9.17) is 15.6 Å². The lowest BCUT2D eigenvalue weighted by Gasteiger charge is -2.21. The highest BCUT2D eigenvalue weighted by atomic mass is 16.5. The molecule has 4 N–H and O–H groups in total. The Kier molecular flexibility index (Phi) is 5.62. The Morgan fingerprint density at radius 2 is 2.11 bits per heavy atom. The lowest BCUT2D eigenvalue weighted by Crippen LogP contribution is -2.40. The monoisotopic (exact) mass is 267 g/mol. The van der Waals surface area contributed by atoms with E-state index < -0.39 is 18.5 Å². The molecule has 104 valence electrons. The number of nitrogen functional groups attached to an aromatic ring is 1. The number of anilines is 2. The predicted octanol–water partition coefficient (Wildman–Crippen LogP) is 0.834. The number of carboxylic acids is 1. The minimum Gasteiger partial charge on any atom is -0.480 e.